The lowest BCUT2D eigenvalue weighted by Gasteiger charge is -2.10. The monoisotopic (exact) mass is 228 g/mol. The predicted molar refractivity (Wildman–Crippen MR) is 58.2 cm³/mol. The Bertz CT molecular complexity index is 404. The fourth-order valence-corrected chi connectivity index (χ4v) is 1.85. The number of nitrogens with zero attached hydrogens (tertiary/aromatic N) is 2. The van der Waals surface area contributed by atoms with Crippen LogP contribution in [0.4, 0.5) is 0 Å². The topological polar surface area (TPSA) is 104 Å². The minimum absolute atomic E-state index is 0.119. The van der Waals surface area contributed by atoms with Crippen LogP contribution >= 0.6 is 11.8 Å². The van der Waals surface area contributed by atoms with Crippen LogP contribution in [0.3, 0.4) is 0 Å². The average Bonchev–Trinajstić information content (AvgIpc) is 2.25. The zero-order valence-corrected chi connectivity index (χ0v) is 8.99. The molecule has 82 valence electrons. The van der Waals surface area contributed by atoms with Gasteiger partial charge in [0, 0.05) is 12.3 Å². The van der Waals surface area contributed by atoms with Crippen molar-refractivity contribution in [2.75, 3.05) is 0 Å². The zero-order chi connectivity index (χ0) is 11.3. The van der Waals surface area contributed by atoms with Gasteiger partial charge in [0.15, 0.2) is 11.0 Å². The molecular weight excluding hydrogens is 216 g/mol. The molecule has 0 aromatic carbocycles. The van der Waals surface area contributed by atoms with E-state index in [1.54, 1.807) is 0 Å². The van der Waals surface area contributed by atoms with Gasteiger partial charge in [-0.3, -0.25) is 4.79 Å². The molecule has 6 nitrogen and oxygen atoms in total. The van der Waals surface area contributed by atoms with Gasteiger partial charge in [-0.25, -0.2) is 4.98 Å². The van der Waals surface area contributed by atoms with Crippen molar-refractivity contribution in [1.82, 2.24) is 9.97 Å². The Morgan fingerprint density at radius 3 is 3.13 bits per heavy atom. The molecule has 0 bridgehead atoms. The van der Waals surface area contributed by atoms with Gasteiger partial charge in [-0.05, 0) is 6.42 Å². The minimum atomic E-state index is -0.220. The molecule has 0 saturated heterocycles. The van der Waals surface area contributed by atoms with Gasteiger partial charge in [-0.2, -0.15) is 0 Å². The Labute approximate surface area is 90.6 Å². The molecule has 0 amide bonds. The Morgan fingerprint density at radius 2 is 2.60 bits per heavy atom. The van der Waals surface area contributed by atoms with Gasteiger partial charge in [-0.15, -0.1) is 0 Å². The molecule has 15 heavy (non-hydrogen) atoms. The molecule has 1 rings (SSSR count). The van der Waals surface area contributed by atoms with Crippen LogP contribution in [0.5, 0.6) is 0 Å². The lowest BCUT2D eigenvalue weighted by molar-refractivity contribution is 0.317. The molecule has 4 N–H and O–H groups in total. The Balaban J connectivity index is 2.80. The number of hydrogen-bond acceptors (Lipinski definition) is 5. The third-order valence-corrected chi connectivity index (χ3v) is 3.01. The highest BCUT2D eigenvalue weighted by molar-refractivity contribution is 8.00. The van der Waals surface area contributed by atoms with Crippen molar-refractivity contribution in [3.8, 4) is 0 Å². The molecule has 1 heterocycles. The number of oxime groups is 1. The molecule has 0 aliphatic heterocycles. The molecule has 0 aliphatic carbocycles. The zero-order valence-electron chi connectivity index (χ0n) is 8.17. The summed E-state index contributed by atoms with van der Waals surface area (Å²) in [6.45, 7) is 1.90. The van der Waals surface area contributed by atoms with Gasteiger partial charge in [-0.1, -0.05) is 23.8 Å². The van der Waals surface area contributed by atoms with Crippen molar-refractivity contribution >= 4 is 17.6 Å². The highest BCUT2D eigenvalue weighted by Gasteiger charge is 2.14. The summed E-state index contributed by atoms with van der Waals surface area (Å²) in [6.07, 6.45) is 2.10. The van der Waals surface area contributed by atoms with Crippen LogP contribution in [0.25, 0.3) is 0 Å². The van der Waals surface area contributed by atoms with E-state index in [-0.39, 0.29) is 16.6 Å². The van der Waals surface area contributed by atoms with Crippen LogP contribution in [0.2, 0.25) is 0 Å². The van der Waals surface area contributed by atoms with Gasteiger partial charge >= 0.3 is 0 Å². The van der Waals surface area contributed by atoms with Crippen LogP contribution in [0.1, 0.15) is 13.3 Å². The molecule has 0 spiro atoms. The van der Waals surface area contributed by atoms with Crippen LogP contribution in [0.15, 0.2) is 27.4 Å². The molecule has 1 aromatic heterocycles. The molecule has 1 atom stereocenters. The molecule has 0 aliphatic rings. The van der Waals surface area contributed by atoms with E-state index in [1.807, 2.05) is 6.92 Å². The van der Waals surface area contributed by atoms with Crippen molar-refractivity contribution < 1.29 is 5.21 Å². The molecule has 0 saturated carbocycles. The number of hydrogen-bond donors (Lipinski definition) is 3. The summed E-state index contributed by atoms with van der Waals surface area (Å²) in [7, 11) is 0. The largest absolute Gasteiger partial charge is 0.409 e. The van der Waals surface area contributed by atoms with Gasteiger partial charge in [0.25, 0.3) is 5.56 Å². The highest BCUT2D eigenvalue weighted by atomic mass is 32.2. The lowest BCUT2D eigenvalue weighted by Crippen LogP contribution is -2.26. The normalized spacial score (nSPS) is 13.8. The van der Waals surface area contributed by atoms with Crippen molar-refractivity contribution in [3.05, 3.63) is 22.6 Å². The fraction of sp³-hybridized carbons (Fsp3) is 0.375. The van der Waals surface area contributed by atoms with E-state index < -0.39 is 0 Å². The smallest absolute Gasteiger partial charge is 0.251 e. The second-order valence-electron chi connectivity index (χ2n) is 2.78. The van der Waals surface area contributed by atoms with Crippen molar-refractivity contribution in [2.24, 2.45) is 10.9 Å². The second kappa shape index (κ2) is 5.40. The number of H-pyrrole nitrogens is 1. The Hall–Kier alpha value is -1.50. The lowest BCUT2D eigenvalue weighted by atomic mass is 10.3. The predicted octanol–water partition coefficient (Wildman–Crippen LogP) is 0.387. The van der Waals surface area contributed by atoms with E-state index in [9.17, 15) is 4.79 Å². The number of rotatable bonds is 4. The van der Waals surface area contributed by atoms with E-state index in [0.29, 0.717) is 11.6 Å². The molecular formula is C8H12N4O2S. The van der Waals surface area contributed by atoms with Crippen molar-refractivity contribution in [3.63, 3.8) is 0 Å². The number of thioether (sulfide) groups is 1. The number of aromatic nitrogens is 2. The second-order valence-corrected chi connectivity index (χ2v) is 3.97. The maximum absolute atomic E-state index is 11.0. The van der Waals surface area contributed by atoms with Crippen LogP contribution in [-0.4, -0.2) is 26.3 Å². The van der Waals surface area contributed by atoms with E-state index in [2.05, 4.69) is 15.1 Å². The first-order valence-electron chi connectivity index (χ1n) is 4.36. The number of nitrogens with one attached hydrogen (secondary N) is 1. The standard InChI is InChI=1S/C8H12N4O2S/c1-2-5(7(9)12-14)15-8-10-4-3-6(13)11-8/h3-5,14H,2H2,1H3,(H2,9,12)(H,10,11,13). The summed E-state index contributed by atoms with van der Waals surface area (Å²) in [5, 5.41) is 11.7. The van der Waals surface area contributed by atoms with Crippen molar-refractivity contribution in [2.45, 2.75) is 23.8 Å². The average molecular weight is 228 g/mol. The molecule has 1 aromatic rings. The first-order chi connectivity index (χ1) is 7.17. The molecule has 0 radical (unpaired) electrons. The Kier molecular flexibility index (Phi) is 4.17. The summed E-state index contributed by atoms with van der Waals surface area (Å²) < 4.78 is 0. The first-order valence-corrected chi connectivity index (χ1v) is 5.24. The first kappa shape index (κ1) is 11.6. The molecule has 1 unspecified atom stereocenters. The van der Waals surface area contributed by atoms with Crippen LogP contribution in [0, 0.1) is 0 Å². The van der Waals surface area contributed by atoms with Crippen molar-refractivity contribution in [1.29, 1.82) is 0 Å². The highest BCUT2D eigenvalue weighted by Crippen LogP contribution is 2.20. The summed E-state index contributed by atoms with van der Waals surface area (Å²) >= 11 is 1.25. The van der Waals surface area contributed by atoms with Crippen LogP contribution in [-0.2, 0) is 0 Å². The van der Waals surface area contributed by atoms with Gasteiger partial charge in [0.2, 0.25) is 0 Å². The summed E-state index contributed by atoms with van der Waals surface area (Å²) in [5.74, 6) is 0.119. The van der Waals surface area contributed by atoms with E-state index >= 15 is 0 Å². The maximum Gasteiger partial charge on any atom is 0.251 e. The van der Waals surface area contributed by atoms with Gasteiger partial charge < -0.3 is 15.9 Å². The quantitative estimate of drug-likeness (QED) is 0.173. The van der Waals surface area contributed by atoms with E-state index in [1.165, 1.54) is 24.0 Å². The Morgan fingerprint density at radius 1 is 1.87 bits per heavy atom. The van der Waals surface area contributed by atoms with Gasteiger partial charge in [0.1, 0.15) is 0 Å². The van der Waals surface area contributed by atoms with E-state index in [4.69, 9.17) is 10.9 Å². The summed E-state index contributed by atoms with van der Waals surface area (Å²) in [6, 6.07) is 1.33. The van der Waals surface area contributed by atoms with Gasteiger partial charge in [0.05, 0.1) is 5.25 Å². The third-order valence-electron chi connectivity index (χ3n) is 1.72. The molecule has 7 heteroatoms. The molecule has 0 fully saturated rings. The maximum atomic E-state index is 11.0. The summed E-state index contributed by atoms with van der Waals surface area (Å²) in [5.41, 5.74) is 5.25. The fourth-order valence-electron chi connectivity index (χ4n) is 0.964. The minimum Gasteiger partial charge on any atom is -0.409 e. The summed E-state index contributed by atoms with van der Waals surface area (Å²) in [4.78, 5) is 17.5. The third kappa shape index (κ3) is 3.28. The number of aromatic amines is 1. The number of amidine groups is 1. The van der Waals surface area contributed by atoms with E-state index in [0.717, 1.165) is 0 Å². The van der Waals surface area contributed by atoms with Crippen LogP contribution < -0.4 is 11.3 Å². The number of nitrogens with two attached hydrogens (primary N) is 1. The SMILES string of the molecule is CCC(Sc1nccc(=O)[nH]1)C(N)=NO.